The maximum atomic E-state index is 11.6. The van der Waals surface area contributed by atoms with Crippen molar-refractivity contribution >= 4 is 11.0 Å². The summed E-state index contributed by atoms with van der Waals surface area (Å²) in [5.41, 5.74) is 0.979. The van der Waals surface area contributed by atoms with Gasteiger partial charge in [-0.2, -0.15) is 0 Å². The van der Waals surface area contributed by atoms with Crippen molar-refractivity contribution < 1.29 is 9.15 Å². The average molecular weight is 257 g/mol. The fourth-order valence-electron chi connectivity index (χ4n) is 1.97. The first-order valence-electron chi connectivity index (χ1n) is 5.69. The molecule has 6 heteroatoms. The molecule has 0 fully saturated rings. The van der Waals surface area contributed by atoms with Crippen molar-refractivity contribution in [2.75, 3.05) is 7.11 Å². The average Bonchev–Trinajstić information content (AvgIpc) is 2.90. The normalized spacial score (nSPS) is 10.8. The Morgan fingerprint density at radius 2 is 2.05 bits per heavy atom. The zero-order valence-electron chi connectivity index (χ0n) is 10.2. The zero-order valence-corrected chi connectivity index (χ0v) is 10.2. The van der Waals surface area contributed by atoms with Crippen LogP contribution in [0.4, 0.5) is 0 Å². The molecule has 0 saturated carbocycles. The van der Waals surface area contributed by atoms with Crippen LogP contribution in [0.15, 0.2) is 46.1 Å². The van der Waals surface area contributed by atoms with Gasteiger partial charge in [-0.1, -0.05) is 0 Å². The minimum atomic E-state index is -0.385. The van der Waals surface area contributed by atoms with Crippen molar-refractivity contribution in [3.8, 4) is 5.75 Å². The molecular weight excluding hydrogens is 246 g/mol. The lowest BCUT2D eigenvalue weighted by atomic mass is 10.1. The number of methoxy groups -OCH3 is 1. The standard InChI is InChI=1S/C13H11N3O3/c1-18-10-2-3-11-9(6-16-7-14-15-8-16)4-13(17)19-12(11)5-10/h2-5,7-8H,6H2,1H3. The Balaban J connectivity index is 2.15. The van der Waals surface area contributed by atoms with Gasteiger partial charge in [-0.15, -0.1) is 10.2 Å². The molecule has 0 saturated heterocycles. The topological polar surface area (TPSA) is 70.2 Å². The van der Waals surface area contributed by atoms with Crippen LogP contribution in [-0.4, -0.2) is 21.9 Å². The van der Waals surface area contributed by atoms with E-state index in [9.17, 15) is 4.79 Å². The summed E-state index contributed by atoms with van der Waals surface area (Å²) in [6.45, 7) is 0.515. The van der Waals surface area contributed by atoms with E-state index >= 15 is 0 Å². The van der Waals surface area contributed by atoms with Crippen LogP contribution in [0.2, 0.25) is 0 Å². The Kier molecular flexibility index (Phi) is 2.75. The van der Waals surface area contributed by atoms with Crippen molar-refractivity contribution in [3.05, 3.63) is 52.9 Å². The maximum Gasteiger partial charge on any atom is 0.336 e. The van der Waals surface area contributed by atoms with E-state index in [1.165, 1.54) is 6.07 Å². The molecule has 0 aliphatic carbocycles. The molecule has 0 atom stereocenters. The minimum Gasteiger partial charge on any atom is -0.497 e. The van der Waals surface area contributed by atoms with E-state index in [0.29, 0.717) is 17.9 Å². The molecule has 3 rings (SSSR count). The van der Waals surface area contributed by atoms with Gasteiger partial charge in [0, 0.05) is 17.5 Å². The minimum absolute atomic E-state index is 0.385. The van der Waals surface area contributed by atoms with Gasteiger partial charge in [0.25, 0.3) is 0 Å². The van der Waals surface area contributed by atoms with E-state index in [-0.39, 0.29) is 5.63 Å². The molecule has 0 aliphatic rings. The van der Waals surface area contributed by atoms with Gasteiger partial charge in [0.2, 0.25) is 0 Å². The molecule has 19 heavy (non-hydrogen) atoms. The molecule has 0 spiro atoms. The van der Waals surface area contributed by atoms with Crippen LogP contribution in [0, 0.1) is 0 Å². The third kappa shape index (κ3) is 2.20. The lowest BCUT2D eigenvalue weighted by Crippen LogP contribution is -2.04. The first-order chi connectivity index (χ1) is 9.26. The quantitative estimate of drug-likeness (QED) is 0.664. The first-order valence-corrected chi connectivity index (χ1v) is 5.69. The highest BCUT2D eigenvalue weighted by atomic mass is 16.5. The summed E-state index contributed by atoms with van der Waals surface area (Å²) in [5, 5.41) is 8.35. The zero-order chi connectivity index (χ0) is 13.2. The summed E-state index contributed by atoms with van der Waals surface area (Å²) in [5.74, 6) is 0.650. The SMILES string of the molecule is COc1ccc2c(Cn3cnnc3)cc(=O)oc2c1. The Bertz CT molecular complexity index is 762. The fraction of sp³-hybridized carbons (Fsp3) is 0.154. The highest BCUT2D eigenvalue weighted by molar-refractivity contribution is 5.81. The molecule has 96 valence electrons. The highest BCUT2D eigenvalue weighted by Crippen LogP contribution is 2.22. The Labute approximate surface area is 108 Å². The Morgan fingerprint density at radius 1 is 1.26 bits per heavy atom. The van der Waals surface area contributed by atoms with Crippen molar-refractivity contribution in [2.24, 2.45) is 0 Å². The molecule has 0 amide bonds. The number of ether oxygens (including phenoxy) is 1. The third-order valence-corrected chi connectivity index (χ3v) is 2.86. The van der Waals surface area contributed by atoms with Gasteiger partial charge in [0.1, 0.15) is 24.0 Å². The summed E-state index contributed by atoms with van der Waals surface area (Å²) in [6, 6.07) is 6.88. The Hall–Kier alpha value is -2.63. The van der Waals surface area contributed by atoms with Crippen molar-refractivity contribution in [3.63, 3.8) is 0 Å². The monoisotopic (exact) mass is 257 g/mol. The predicted molar refractivity (Wildman–Crippen MR) is 68.2 cm³/mol. The van der Waals surface area contributed by atoms with Crippen LogP contribution < -0.4 is 10.4 Å². The van der Waals surface area contributed by atoms with Crippen LogP contribution in [0.1, 0.15) is 5.56 Å². The van der Waals surface area contributed by atoms with Crippen molar-refractivity contribution in [1.82, 2.24) is 14.8 Å². The summed E-state index contributed by atoms with van der Waals surface area (Å²) in [7, 11) is 1.57. The lowest BCUT2D eigenvalue weighted by molar-refractivity contribution is 0.414. The first kappa shape index (κ1) is 11.5. The molecule has 2 aromatic heterocycles. The molecule has 0 bridgehead atoms. The number of nitrogens with zero attached hydrogens (tertiary/aromatic N) is 3. The largest absolute Gasteiger partial charge is 0.497 e. The molecule has 6 nitrogen and oxygen atoms in total. The number of benzene rings is 1. The van der Waals surface area contributed by atoms with E-state index in [1.54, 1.807) is 30.4 Å². The summed E-state index contributed by atoms with van der Waals surface area (Å²) in [6.07, 6.45) is 3.20. The maximum absolute atomic E-state index is 11.6. The summed E-state index contributed by atoms with van der Waals surface area (Å²) in [4.78, 5) is 11.6. The van der Waals surface area contributed by atoms with E-state index < -0.39 is 0 Å². The van der Waals surface area contributed by atoms with Crippen LogP contribution in [-0.2, 0) is 6.54 Å². The number of aromatic nitrogens is 3. The second kappa shape index (κ2) is 4.56. The molecular formula is C13H11N3O3. The second-order valence-corrected chi connectivity index (χ2v) is 4.09. The van der Waals surface area contributed by atoms with Crippen LogP contribution in [0.3, 0.4) is 0 Å². The molecule has 0 unspecified atom stereocenters. The smallest absolute Gasteiger partial charge is 0.336 e. The number of hydrogen-bond acceptors (Lipinski definition) is 5. The third-order valence-electron chi connectivity index (χ3n) is 2.86. The molecule has 0 aliphatic heterocycles. The molecule has 1 aromatic carbocycles. The van der Waals surface area contributed by atoms with Crippen LogP contribution in [0.25, 0.3) is 11.0 Å². The molecule has 3 aromatic rings. The van der Waals surface area contributed by atoms with Crippen molar-refractivity contribution in [1.29, 1.82) is 0 Å². The van der Waals surface area contributed by atoms with Gasteiger partial charge in [-0.3, -0.25) is 0 Å². The summed E-state index contributed by atoms with van der Waals surface area (Å²) >= 11 is 0. The van der Waals surface area contributed by atoms with E-state index in [1.807, 2.05) is 12.1 Å². The van der Waals surface area contributed by atoms with Crippen LogP contribution >= 0.6 is 0 Å². The number of rotatable bonds is 3. The number of hydrogen-bond donors (Lipinski definition) is 0. The van der Waals surface area contributed by atoms with E-state index in [4.69, 9.17) is 9.15 Å². The van der Waals surface area contributed by atoms with Crippen molar-refractivity contribution in [2.45, 2.75) is 6.54 Å². The Morgan fingerprint density at radius 3 is 2.79 bits per heavy atom. The highest BCUT2D eigenvalue weighted by Gasteiger charge is 2.07. The van der Waals surface area contributed by atoms with Gasteiger partial charge in [0.05, 0.1) is 13.7 Å². The van der Waals surface area contributed by atoms with E-state index in [0.717, 1.165) is 10.9 Å². The van der Waals surface area contributed by atoms with Gasteiger partial charge < -0.3 is 13.7 Å². The van der Waals surface area contributed by atoms with E-state index in [2.05, 4.69) is 10.2 Å². The molecule has 0 N–H and O–H groups in total. The van der Waals surface area contributed by atoms with Gasteiger partial charge in [-0.25, -0.2) is 4.79 Å². The fourth-order valence-corrected chi connectivity index (χ4v) is 1.97. The predicted octanol–water partition coefficient (Wildman–Crippen LogP) is 1.44. The van der Waals surface area contributed by atoms with Gasteiger partial charge in [-0.05, 0) is 17.7 Å². The van der Waals surface area contributed by atoms with Gasteiger partial charge in [0.15, 0.2) is 0 Å². The summed E-state index contributed by atoms with van der Waals surface area (Å²) < 4.78 is 12.1. The van der Waals surface area contributed by atoms with Gasteiger partial charge >= 0.3 is 5.63 Å². The molecule has 2 heterocycles. The number of fused-ring (bicyclic) bond motifs is 1. The van der Waals surface area contributed by atoms with Crippen LogP contribution in [0.5, 0.6) is 5.75 Å². The second-order valence-electron chi connectivity index (χ2n) is 4.09. The lowest BCUT2D eigenvalue weighted by Gasteiger charge is -2.07. The molecule has 0 radical (unpaired) electrons.